The second kappa shape index (κ2) is 9.94. The van der Waals surface area contributed by atoms with E-state index in [0.717, 1.165) is 85.6 Å². The van der Waals surface area contributed by atoms with E-state index >= 15 is 0 Å². The summed E-state index contributed by atoms with van der Waals surface area (Å²) < 4.78 is 18.7. The Morgan fingerprint density at radius 3 is 2.51 bits per heavy atom. The van der Waals surface area contributed by atoms with Gasteiger partial charge in [0.15, 0.2) is 11.5 Å². The highest BCUT2D eigenvalue weighted by atomic mass is 16.6. The van der Waals surface area contributed by atoms with Gasteiger partial charge in [-0.05, 0) is 86.5 Å². The van der Waals surface area contributed by atoms with Crippen LogP contribution >= 0.6 is 0 Å². The normalized spacial score (nSPS) is 17.5. The molecule has 2 aliphatic rings. The van der Waals surface area contributed by atoms with Gasteiger partial charge in [0.25, 0.3) is 5.56 Å². The summed E-state index contributed by atoms with van der Waals surface area (Å²) in [7, 11) is 1.67. The molecule has 0 aliphatic carbocycles. The molecule has 0 radical (unpaired) electrons. The van der Waals surface area contributed by atoms with Gasteiger partial charge in [-0.25, -0.2) is 0 Å². The lowest BCUT2D eigenvalue weighted by atomic mass is 9.77. The predicted octanol–water partition coefficient (Wildman–Crippen LogP) is 4.82. The van der Waals surface area contributed by atoms with Gasteiger partial charge in [0.1, 0.15) is 19.0 Å². The molecule has 35 heavy (non-hydrogen) atoms. The van der Waals surface area contributed by atoms with Crippen LogP contribution in [0.4, 0.5) is 0 Å². The molecule has 2 aliphatic heterocycles. The van der Waals surface area contributed by atoms with E-state index in [4.69, 9.17) is 14.2 Å². The minimum atomic E-state index is 0.0729. The Balaban J connectivity index is 1.19. The maximum Gasteiger partial charge on any atom is 0.251 e. The number of rotatable bonds is 7. The Morgan fingerprint density at radius 1 is 0.971 bits per heavy atom. The van der Waals surface area contributed by atoms with Crippen molar-refractivity contribution in [2.45, 2.75) is 46.1 Å². The Labute approximate surface area is 207 Å². The molecule has 0 bridgehead atoms. The van der Waals surface area contributed by atoms with E-state index in [1.54, 1.807) is 13.2 Å². The molecular weight excluding hydrogens is 440 g/mol. The molecule has 2 aromatic carbocycles. The van der Waals surface area contributed by atoms with Gasteiger partial charge >= 0.3 is 0 Å². The van der Waals surface area contributed by atoms with Gasteiger partial charge in [0.2, 0.25) is 0 Å². The Morgan fingerprint density at radius 2 is 1.74 bits per heavy atom. The molecule has 0 unspecified atom stereocenters. The van der Waals surface area contributed by atoms with Crippen molar-refractivity contribution in [2.75, 3.05) is 40.0 Å². The fraction of sp³-hybridized carbons (Fsp3) is 0.483. The van der Waals surface area contributed by atoms with Crippen LogP contribution in [0.2, 0.25) is 0 Å². The minimum absolute atomic E-state index is 0.0729. The van der Waals surface area contributed by atoms with Gasteiger partial charge in [-0.3, -0.25) is 4.79 Å². The number of fused-ring (bicyclic) bond motifs is 2. The molecule has 0 atom stereocenters. The molecule has 5 rings (SSSR count). The molecule has 1 fully saturated rings. The number of nitrogens with zero attached hydrogens (tertiary/aromatic N) is 2. The molecular formula is C29H36N2O4. The molecule has 6 nitrogen and oxygen atoms in total. The maximum absolute atomic E-state index is 12.9. The Kier molecular flexibility index (Phi) is 6.74. The van der Waals surface area contributed by atoms with E-state index < -0.39 is 0 Å². The summed E-state index contributed by atoms with van der Waals surface area (Å²) in [6.45, 7) is 9.61. The number of aryl methyl sites for hydroxylation is 2. The summed E-state index contributed by atoms with van der Waals surface area (Å²) in [5.74, 6) is 2.51. The number of methoxy groups -OCH3 is 1. The maximum atomic E-state index is 12.9. The van der Waals surface area contributed by atoms with Gasteiger partial charge in [-0.2, -0.15) is 0 Å². The van der Waals surface area contributed by atoms with Crippen molar-refractivity contribution in [1.29, 1.82) is 0 Å². The zero-order valence-electron chi connectivity index (χ0n) is 21.1. The lowest BCUT2D eigenvalue weighted by molar-refractivity contribution is 0.107. The molecule has 1 saturated heterocycles. The van der Waals surface area contributed by atoms with Crippen LogP contribution in [0.3, 0.4) is 0 Å². The lowest BCUT2D eigenvalue weighted by Crippen LogP contribution is -2.40. The van der Waals surface area contributed by atoms with Crippen LogP contribution in [0.15, 0.2) is 47.3 Å². The van der Waals surface area contributed by atoms with Gasteiger partial charge in [0.05, 0.1) is 12.6 Å². The highest BCUT2D eigenvalue weighted by molar-refractivity contribution is 5.83. The molecule has 0 N–H and O–H groups in total. The van der Waals surface area contributed by atoms with E-state index in [2.05, 4.69) is 30.0 Å². The largest absolute Gasteiger partial charge is 0.497 e. The molecule has 0 amide bonds. The van der Waals surface area contributed by atoms with E-state index in [0.29, 0.717) is 13.2 Å². The van der Waals surface area contributed by atoms with E-state index in [1.807, 2.05) is 29.7 Å². The van der Waals surface area contributed by atoms with Crippen LogP contribution in [0, 0.1) is 12.3 Å². The molecule has 186 valence electrons. The number of hydrogen-bond donors (Lipinski definition) is 0. The van der Waals surface area contributed by atoms with E-state index in [1.165, 1.54) is 5.56 Å². The third-order valence-corrected chi connectivity index (χ3v) is 7.85. The highest BCUT2D eigenvalue weighted by Crippen LogP contribution is 2.36. The Bertz CT molecular complexity index is 1260. The SMILES string of the molecule is COc1ccc2c(C)cc(=O)n(CCC3(C)CCN(CCc4ccc5c(c4)OCCO5)CC3)c2c1. The zero-order valence-corrected chi connectivity index (χ0v) is 21.1. The van der Waals surface area contributed by atoms with Crippen LogP contribution in [-0.4, -0.2) is 49.4 Å². The Hall–Kier alpha value is -2.99. The fourth-order valence-electron chi connectivity index (χ4n) is 5.36. The predicted molar refractivity (Wildman–Crippen MR) is 139 cm³/mol. The number of aromatic nitrogens is 1. The van der Waals surface area contributed by atoms with Gasteiger partial charge in [-0.15, -0.1) is 0 Å². The number of ether oxygens (including phenoxy) is 3. The topological polar surface area (TPSA) is 52.9 Å². The molecule has 3 heterocycles. The first-order chi connectivity index (χ1) is 16.9. The first-order valence-electron chi connectivity index (χ1n) is 12.7. The summed E-state index contributed by atoms with van der Waals surface area (Å²) in [4.78, 5) is 15.5. The quantitative estimate of drug-likeness (QED) is 0.489. The summed E-state index contributed by atoms with van der Waals surface area (Å²) >= 11 is 0. The fourth-order valence-corrected chi connectivity index (χ4v) is 5.36. The third-order valence-electron chi connectivity index (χ3n) is 7.85. The monoisotopic (exact) mass is 476 g/mol. The van der Waals surface area contributed by atoms with Crippen molar-refractivity contribution in [2.24, 2.45) is 5.41 Å². The molecule has 0 saturated carbocycles. The van der Waals surface area contributed by atoms with Crippen LogP contribution in [0.1, 0.15) is 37.3 Å². The van der Waals surface area contributed by atoms with E-state index in [-0.39, 0.29) is 11.0 Å². The molecule has 1 aromatic heterocycles. The average Bonchev–Trinajstić information content (AvgIpc) is 2.88. The number of likely N-dealkylation sites (tertiary alicyclic amines) is 1. The number of piperidine rings is 1. The third kappa shape index (κ3) is 5.18. The second-order valence-corrected chi connectivity index (χ2v) is 10.3. The number of benzene rings is 2. The van der Waals surface area contributed by atoms with Crippen LogP contribution in [0.5, 0.6) is 17.2 Å². The van der Waals surface area contributed by atoms with Crippen molar-refractivity contribution in [3.63, 3.8) is 0 Å². The van der Waals surface area contributed by atoms with Crippen molar-refractivity contribution in [3.05, 3.63) is 63.9 Å². The first-order valence-corrected chi connectivity index (χ1v) is 12.7. The molecule has 0 spiro atoms. The molecule has 6 heteroatoms. The van der Waals surface area contributed by atoms with Crippen molar-refractivity contribution < 1.29 is 14.2 Å². The van der Waals surface area contributed by atoms with E-state index in [9.17, 15) is 4.79 Å². The smallest absolute Gasteiger partial charge is 0.251 e. The van der Waals surface area contributed by atoms with Crippen LogP contribution in [0.25, 0.3) is 10.9 Å². The summed E-state index contributed by atoms with van der Waals surface area (Å²) in [6, 6.07) is 14.1. The molecule has 3 aromatic rings. The summed E-state index contributed by atoms with van der Waals surface area (Å²) in [6.07, 6.45) is 4.31. The van der Waals surface area contributed by atoms with Crippen LogP contribution in [-0.2, 0) is 13.0 Å². The van der Waals surface area contributed by atoms with Crippen LogP contribution < -0.4 is 19.8 Å². The standard InChI is InChI=1S/C29H36N2O4/c1-21-18-28(32)31(25-20-23(33-3)5-6-24(21)25)15-11-29(2)9-13-30(14-10-29)12-8-22-4-7-26-27(19-22)35-17-16-34-26/h4-7,18-20H,8-17H2,1-3H3. The van der Waals surface area contributed by atoms with Gasteiger partial charge < -0.3 is 23.7 Å². The summed E-state index contributed by atoms with van der Waals surface area (Å²) in [5.41, 5.74) is 3.59. The summed E-state index contributed by atoms with van der Waals surface area (Å²) in [5, 5.41) is 1.12. The zero-order chi connectivity index (χ0) is 24.4. The lowest BCUT2D eigenvalue weighted by Gasteiger charge is -2.39. The minimum Gasteiger partial charge on any atom is -0.497 e. The highest BCUT2D eigenvalue weighted by Gasteiger charge is 2.30. The first kappa shape index (κ1) is 23.7. The number of hydrogen-bond acceptors (Lipinski definition) is 5. The van der Waals surface area contributed by atoms with Gasteiger partial charge in [-0.1, -0.05) is 13.0 Å². The second-order valence-electron chi connectivity index (χ2n) is 10.3. The van der Waals surface area contributed by atoms with Crippen molar-refractivity contribution >= 4 is 10.9 Å². The average molecular weight is 477 g/mol. The van der Waals surface area contributed by atoms with Gasteiger partial charge in [0, 0.05) is 30.6 Å². The van der Waals surface area contributed by atoms with Crippen molar-refractivity contribution in [3.8, 4) is 17.2 Å². The number of pyridine rings is 1. The van der Waals surface area contributed by atoms with Crippen molar-refractivity contribution in [1.82, 2.24) is 9.47 Å².